The van der Waals surface area contributed by atoms with Crippen molar-refractivity contribution in [3.63, 3.8) is 0 Å². The fourth-order valence-electron chi connectivity index (χ4n) is 2.20. The second kappa shape index (κ2) is 7.67. The fourth-order valence-corrected chi connectivity index (χ4v) is 2.20. The van der Waals surface area contributed by atoms with Crippen LogP contribution in [0.1, 0.15) is 46.0 Å². The number of carbonyl (C=O) groups excluding carboxylic acids is 1. The highest BCUT2D eigenvalue weighted by Gasteiger charge is 2.26. The molecule has 2 unspecified atom stereocenters. The molecule has 1 saturated heterocycles. The lowest BCUT2D eigenvalue weighted by Gasteiger charge is -2.34. The van der Waals surface area contributed by atoms with Gasteiger partial charge in [-0.15, -0.1) is 0 Å². The smallest absolute Gasteiger partial charge is 0.239 e. The minimum atomic E-state index is -0.324. The molecule has 0 bridgehead atoms. The van der Waals surface area contributed by atoms with Crippen LogP contribution in [-0.2, 0) is 9.53 Å². The molecular formula is C13H26N2O2. The minimum absolute atomic E-state index is 0.0999. The molecule has 2 N–H and O–H groups in total. The number of rotatable bonds is 6. The van der Waals surface area contributed by atoms with Crippen molar-refractivity contribution in [3.8, 4) is 0 Å². The molecule has 0 spiro atoms. The van der Waals surface area contributed by atoms with Crippen LogP contribution in [0.15, 0.2) is 0 Å². The first kappa shape index (κ1) is 14.5. The molecule has 1 aliphatic heterocycles. The van der Waals surface area contributed by atoms with Crippen LogP contribution in [0.5, 0.6) is 0 Å². The zero-order valence-electron chi connectivity index (χ0n) is 11.2. The monoisotopic (exact) mass is 242 g/mol. The molecule has 1 aliphatic rings. The summed E-state index contributed by atoms with van der Waals surface area (Å²) in [5, 5.41) is 0. The first-order chi connectivity index (χ1) is 8.19. The third-order valence-electron chi connectivity index (χ3n) is 3.25. The average Bonchev–Trinajstić information content (AvgIpc) is 2.35. The molecule has 1 amide bonds. The van der Waals surface area contributed by atoms with Crippen molar-refractivity contribution in [1.82, 2.24) is 4.90 Å². The zero-order chi connectivity index (χ0) is 12.7. The highest BCUT2D eigenvalue weighted by molar-refractivity contribution is 5.81. The van der Waals surface area contributed by atoms with Gasteiger partial charge in [-0.05, 0) is 12.8 Å². The molecule has 0 radical (unpaired) electrons. The van der Waals surface area contributed by atoms with Crippen LogP contribution in [0.2, 0.25) is 0 Å². The third-order valence-corrected chi connectivity index (χ3v) is 3.25. The number of hydrogen-bond donors (Lipinski definition) is 1. The number of amides is 1. The van der Waals surface area contributed by atoms with Crippen LogP contribution in [0.25, 0.3) is 0 Å². The number of nitrogens with zero attached hydrogens (tertiary/aromatic N) is 1. The summed E-state index contributed by atoms with van der Waals surface area (Å²) >= 11 is 0. The van der Waals surface area contributed by atoms with Crippen LogP contribution in [0, 0.1) is 0 Å². The Labute approximate surface area is 104 Å². The number of hydrogen-bond acceptors (Lipinski definition) is 3. The van der Waals surface area contributed by atoms with E-state index < -0.39 is 0 Å². The Morgan fingerprint density at radius 3 is 2.88 bits per heavy atom. The molecule has 2 atom stereocenters. The predicted octanol–water partition coefficient (Wildman–Crippen LogP) is 1.53. The number of ether oxygens (including phenoxy) is 1. The largest absolute Gasteiger partial charge is 0.375 e. The molecular weight excluding hydrogens is 216 g/mol. The fraction of sp³-hybridized carbons (Fsp3) is 0.923. The van der Waals surface area contributed by atoms with Gasteiger partial charge in [-0.3, -0.25) is 4.79 Å². The predicted molar refractivity (Wildman–Crippen MR) is 68.7 cm³/mol. The molecule has 100 valence electrons. The van der Waals surface area contributed by atoms with Crippen LogP contribution in [0.4, 0.5) is 0 Å². The molecule has 1 fully saturated rings. The molecule has 0 aromatic rings. The second-order valence-corrected chi connectivity index (χ2v) is 4.81. The summed E-state index contributed by atoms with van der Waals surface area (Å²) in [6.07, 6.45) is 5.22. The Morgan fingerprint density at radius 2 is 2.24 bits per heavy atom. The van der Waals surface area contributed by atoms with Crippen molar-refractivity contribution >= 4 is 5.91 Å². The number of morpholine rings is 1. The molecule has 1 heterocycles. The van der Waals surface area contributed by atoms with Gasteiger partial charge < -0.3 is 15.4 Å². The van der Waals surface area contributed by atoms with E-state index in [1.54, 1.807) is 0 Å². The van der Waals surface area contributed by atoms with E-state index in [9.17, 15) is 4.79 Å². The van der Waals surface area contributed by atoms with Crippen molar-refractivity contribution in [3.05, 3.63) is 0 Å². The summed E-state index contributed by atoms with van der Waals surface area (Å²) in [5.41, 5.74) is 5.92. The summed E-state index contributed by atoms with van der Waals surface area (Å²) in [6, 6.07) is -0.324. The van der Waals surface area contributed by atoms with E-state index in [2.05, 4.69) is 13.8 Å². The summed E-state index contributed by atoms with van der Waals surface area (Å²) in [6.45, 7) is 6.31. The van der Waals surface area contributed by atoms with Crippen LogP contribution >= 0.6 is 0 Å². The summed E-state index contributed by atoms with van der Waals surface area (Å²) in [5.74, 6) is 0.0999. The van der Waals surface area contributed by atoms with Crippen LogP contribution in [0.3, 0.4) is 0 Å². The highest BCUT2D eigenvalue weighted by atomic mass is 16.5. The summed E-state index contributed by atoms with van der Waals surface area (Å²) in [4.78, 5) is 14.0. The maximum absolute atomic E-state index is 12.1. The van der Waals surface area contributed by atoms with Crippen molar-refractivity contribution in [2.24, 2.45) is 5.73 Å². The summed E-state index contributed by atoms with van der Waals surface area (Å²) in [7, 11) is 0. The number of unbranched alkanes of at least 4 members (excludes halogenated alkanes) is 1. The first-order valence-corrected chi connectivity index (χ1v) is 6.85. The van der Waals surface area contributed by atoms with Crippen molar-refractivity contribution < 1.29 is 9.53 Å². The quantitative estimate of drug-likeness (QED) is 0.768. The Balaban J connectivity index is 2.39. The van der Waals surface area contributed by atoms with Gasteiger partial charge in [-0.25, -0.2) is 0 Å². The van der Waals surface area contributed by atoms with Gasteiger partial charge in [0, 0.05) is 13.1 Å². The Kier molecular flexibility index (Phi) is 6.52. The van der Waals surface area contributed by atoms with E-state index in [0.29, 0.717) is 19.7 Å². The van der Waals surface area contributed by atoms with Gasteiger partial charge in [0.05, 0.1) is 18.8 Å². The molecule has 1 rings (SSSR count). The minimum Gasteiger partial charge on any atom is -0.375 e. The topological polar surface area (TPSA) is 55.6 Å². The Bertz CT molecular complexity index is 231. The lowest BCUT2D eigenvalue weighted by Crippen LogP contribution is -2.51. The van der Waals surface area contributed by atoms with E-state index in [1.165, 1.54) is 0 Å². The first-order valence-electron chi connectivity index (χ1n) is 6.85. The van der Waals surface area contributed by atoms with Crippen molar-refractivity contribution in [1.29, 1.82) is 0 Å². The van der Waals surface area contributed by atoms with Gasteiger partial charge in [0.1, 0.15) is 0 Å². The lowest BCUT2D eigenvalue weighted by molar-refractivity contribution is -0.140. The second-order valence-electron chi connectivity index (χ2n) is 4.81. The maximum atomic E-state index is 12.1. The zero-order valence-corrected chi connectivity index (χ0v) is 11.2. The van der Waals surface area contributed by atoms with Crippen molar-refractivity contribution in [2.45, 2.75) is 58.1 Å². The van der Waals surface area contributed by atoms with Crippen LogP contribution in [-0.4, -0.2) is 42.6 Å². The normalized spacial score (nSPS) is 22.5. The molecule has 0 aromatic carbocycles. The Morgan fingerprint density at radius 1 is 1.47 bits per heavy atom. The Hall–Kier alpha value is -0.610. The molecule has 0 aliphatic carbocycles. The van der Waals surface area contributed by atoms with E-state index in [4.69, 9.17) is 10.5 Å². The molecule has 17 heavy (non-hydrogen) atoms. The van der Waals surface area contributed by atoms with Gasteiger partial charge in [-0.2, -0.15) is 0 Å². The number of nitrogens with two attached hydrogens (primary N) is 1. The molecule has 0 saturated carbocycles. The standard InChI is InChI=1S/C13H26N2O2/c1-3-5-7-12(14)13(16)15-8-9-17-11(10-15)6-4-2/h11-12H,3-10,14H2,1-2H3. The van der Waals surface area contributed by atoms with Gasteiger partial charge in [0.25, 0.3) is 0 Å². The molecule has 4 nitrogen and oxygen atoms in total. The van der Waals surface area contributed by atoms with Gasteiger partial charge in [0.15, 0.2) is 0 Å². The van der Waals surface area contributed by atoms with Gasteiger partial charge in [-0.1, -0.05) is 33.1 Å². The SMILES string of the molecule is CCCCC(N)C(=O)N1CCOC(CCC)C1. The number of carbonyl (C=O) groups is 1. The molecule has 0 aromatic heterocycles. The van der Waals surface area contributed by atoms with E-state index >= 15 is 0 Å². The highest BCUT2D eigenvalue weighted by Crippen LogP contribution is 2.12. The summed E-state index contributed by atoms with van der Waals surface area (Å²) < 4.78 is 5.62. The molecule has 4 heteroatoms. The average molecular weight is 242 g/mol. The van der Waals surface area contributed by atoms with E-state index in [-0.39, 0.29) is 18.1 Å². The van der Waals surface area contributed by atoms with Gasteiger partial charge in [0.2, 0.25) is 5.91 Å². The maximum Gasteiger partial charge on any atom is 0.239 e. The van der Waals surface area contributed by atoms with Crippen LogP contribution < -0.4 is 5.73 Å². The lowest BCUT2D eigenvalue weighted by atomic mass is 10.1. The van der Waals surface area contributed by atoms with E-state index in [1.807, 2.05) is 4.90 Å². The van der Waals surface area contributed by atoms with Gasteiger partial charge >= 0.3 is 0 Å². The van der Waals surface area contributed by atoms with E-state index in [0.717, 1.165) is 32.1 Å². The third kappa shape index (κ3) is 4.64. The van der Waals surface area contributed by atoms with Crippen molar-refractivity contribution in [2.75, 3.05) is 19.7 Å².